The van der Waals surface area contributed by atoms with Gasteiger partial charge in [-0.05, 0) is 56.7 Å². The average Bonchev–Trinajstić information content (AvgIpc) is 3.27. The zero-order valence-electron chi connectivity index (χ0n) is 16.3. The third-order valence-corrected chi connectivity index (χ3v) is 7.41. The fourth-order valence-electron chi connectivity index (χ4n) is 3.91. The molecule has 1 aromatic carbocycles. The average molecular weight is 409 g/mol. The van der Waals surface area contributed by atoms with Gasteiger partial charge in [0.15, 0.2) is 6.61 Å². The van der Waals surface area contributed by atoms with Crippen LogP contribution < -0.4 is 0 Å². The summed E-state index contributed by atoms with van der Waals surface area (Å²) in [5.41, 5.74) is 0.138. The third kappa shape index (κ3) is 4.55. The zero-order valence-corrected chi connectivity index (χ0v) is 17.1. The third-order valence-electron chi connectivity index (χ3n) is 5.52. The summed E-state index contributed by atoms with van der Waals surface area (Å²) >= 11 is 0. The van der Waals surface area contributed by atoms with Crippen LogP contribution in [0.15, 0.2) is 29.2 Å². The maximum absolute atomic E-state index is 12.7. The van der Waals surface area contributed by atoms with E-state index in [1.807, 2.05) is 0 Å². The molecule has 28 heavy (non-hydrogen) atoms. The van der Waals surface area contributed by atoms with Gasteiger partial charge >= 0.3 is 5.97 Å². The minimum absolute atomic E-state index is 0.0808. The van der Waals surface area contributed by atoms with Gasteiger partial charge < -0.3 is 9.64 Å². The second kappa shape index (κ2) is 9.05. The van der Waals surface area contributed by atoms with Crippen LogP contribution in [0.5, 0.6) is 0 Å². The van der Waals surface area contributed by atoms with Crippen LogP contribution in [-0.4, -0.2) is 61.8 Å². The number of likely N-dealkylation sites (tertiary alicyclic amines) is 1. The Hall–Kier alpha value is -1.93. The van der Waals surface area contributed by atoms with Gasteiger partial charge in [0.25, 0.3) is 5.91 Å². The van der Waals surface area contributed by atoms with Crippen LogP contribution in [0.2, 0.25) is 0 Å². The van der Waals surface area contributed by atoms with E-state index in [9.17, 15) is 18.0 Å². The van der Waals surface area contributed by atoms with Crippen LogP contribution in [0.4, 0.5) is 0 Å². The Morgan fingerprint density at radius 3 is 2.54 bits per heavy atom. The lowest BCUT2D eigenvalue weighted by Crippen LogP contribution is -2.45. The highest BCUT2D eigenvalue weighted by Crippen LogP contribution is 2.22. The largest absolute Gasteiger partial charge is 0.452 e. The first kappa shape index (κ1) is 20.8. The van der Waals surface area contributed by atoms with Crippen LogP contribution in [0.1, 0.15) is 55.8 Å². The van der Waals surface area contributed by atoms with E-state index in [-0.39, 0.29) is 29.0 Å². The quantitative estimate of drug-likeness (QED) is 0.675. The summed E-state index contributed by atoms with van der Waals surface area (Å²) in [6, 6.07) is 6.05. The van der Waals surface area contributed by atoms with E-state index in [2.05, 4.69) is 6.92 Å². The first-order chi connectivity index (χ1) is 13.4. The molecular weight excluding hydrogens is 380 g/mol. The predicted octanol–water partition coefficient (Wildman–Crippen LogP) is 2.42. The fraction of sp³-hybridized carbons (Fsp3) is 0.600. The molecule has 0 aliphatic carbocycles. The molecule has 2 heterocycles. The number of hydrogen-bond acceptors (Lipinski definition) is 5. The smallest absolute Gasteiger partial charge is 0.338 e. The first-order valence-corrected chi connectivity index (χ1v) is 11.4. The number of sulfonamides is 1. The van der Waals surface area contributed by atoms with E-state index in [4.69, 9.17) is 4.74 Å². The summed E-state index contributed by atoms with van der Waals surface area (Å²) in [7, 11) is -3.60. The van der Waals surface area contributed by atoms with Crippen molar-refractivity contribution in [2.75, 3.05) is 26.2 Å². The van der Waals surface area contributed by atoms with Crippen molar-refractivity contribution in [1.82, 2.24) is 9.21 Å². The molecule has 2 aliphatic heterocycles. The van der Waals surface area contributed by atoms with Gasteiger partial charge in [-0.1, -0.05) is 13.0 Å². The van der Waals surface area contributed by atoms with Crippen molar-refractivity contribution in [1.29, 1.82) is 0 Å². The number of rotatable bonds is 6. The van der Waals surface area contributed by atoms with Crippen LogP contribution in [0.25, 0.3) is 0 Å². The summed E-state index contributed by atoms with van der Waals surface area (Å²) in [6.07, 6.45) is 5.63. The molecule has 1 atom stereocenters. The highest BCUT2D eigenvalue weighted by atomic mass is 32.2. The van der Waals surface area contributed by atoms with Gasteiger partial charge in [0, 0.05) is 25.7 Å². The van der Waals surface area contributed by atoms with Crippen LogP contribution >= 0.6 is 0 Å². The van der Waals surface area contributed by atoms with Gasteiger partial charge in [0.2, 0.25) is 10.0 Å². The molecule has 1 aromatic rings. The first-order valence-electron chi connectivity index (χ1n) is 10.0. The molecule has 3 rings (SSSR count). The lowest BCUT2D eigenvalue weighted by Gasteiger charge is -2.35. The van der Waals surface area contributed by atoms with Crippen molar-refractivity contribution in [2.45, 2.75) is 56.4 Å². The molecule has 0 unspecified atom stereocenters. The number of piperidine rings is 1. The van der Waals surface area contributed by atoms with Crippen LogP contribution in [-0.2, 0) is 19.6 Å². The molecule has 1 amide bonds. The van der Waals surface area contributed by atoms with Crippen molar-refractivity contribution in [2.24, 2.45) is 0 Å². The highest BCUT2D eigenvalue weighted by Gasteiger charge is 2.28. The molecule has 0 saturated carbocycles. The predicted molar refractivity (Wildman–Crippen MR) is 104 cm³/mol. The number of esters is 1. The summed E-state index contributed by atoms with van der Waals surface area (Å²) in [5, 5.41) is 0. The van der Waals surface area contributed by atoms with Gasteiger partial charge in [0.05, 0.1) is 10.5 Å². The summed E-state index contributed by atoms with van der Waals surface area (Å²) < 4.78 is 32.0. The van der Waals surface area contributed by atoms with Gasteiger partial charge in [-0.3, -0.25) is 4.79 Å². The number of hydrogen-bond donors (Lipinski definition) is 0. The lowest BCUT2D eigenvalue weighted by molar-refractivity contribution is -0.138. The van der Waals surface area contributed by atoms with E-state index in [1.54, 1.807) is 4.90 Å². The van der Waals surface area contributed by atoms with Crippen LogP contribution in [0, 0.1) is 0 Å². The molecule has 2 aliphatic rings. The van der Waals surface area contributed by atoms with E-state index in [0.717, 1.165) is 38.5 Å². The fourth-order valence-corrected chi connectivity index (χ4v) is 5.47. The summed E-state index contributed by atoms with van der Waals surface area (Å²) in [6.45, 7) is 3.42. The SMILES string of the molecule is CC[C@@H]1CCCCN1C(=O)COC(=O)c1cccc(S(=O)(=O)N2CCCC2)c1. The Morgan fingerprint density at radius 2 is 1.82 bits per heavy atom. The second-order valence-electron chi connectivity index (χ2n) is 7.36. The van der Waals surface area contributed by atoms with Crippen molar-refractivity contribution in [3.63, 3.8) is 0 Å². The number of carbonyl (C=O) groups is 2. The Kier molecular flexibility index (Phi) is 6.72. The Labute approximate surface area is 166 Å². The molecule has 0 aromatic heterocycles. The minimum atomic E-state index is -3.60. The zero-order chi connectivity index (χ0) is 20.1. The maximum Gasteiger partial charge on any atom is 0.338 e. The van der Waals surface area contributed by atoms with Crippen molar-refractivity contribution >= 4 is 21.9 Å². The number of amides is 1. The lowest BCUT2D eigenvalue weighted by atomic mass is 10.00. The number of carbonyl (C=O) groups excluding carboxylic acids is 2. The number of ether oxygens (including phenoxy) is 1. The van der Waals surface area contributed by atoms with Gasteiger partial charge in [-0.25, -0.2) is 13.2 Å². The minimum Gasteiger partial charge on any atom is -0.452 e. The summed E-state index contributed by atoms with van der Waals surface area (Å²) in [4.78, 5) is 26.7. The molecule has 8 heteroatoms. The molecule has 154 valence electrons. The van der Waals surface area contributed by atoms with E-state index in [0.29, 0.717) is 19.6 Å². The normalized spacial score (nSPS) is 20.9. The topological polar surface area (TPSA) is 84.0 Å². The van der Waals surface area contributed by atoms with Crippen molar-refractivity contribution in [3.05, 3.63) is 29.8 Å². The second-order valence-corrected chi connectivity index (χ2v) is 9.30. The monoisotopic (exact) mass is 408 g/mol. The van der Waals surface area contributed by atoms with E-state index >= 15 is 0 Å². The van der Waals surface area contributed by atoms with Crippen LogP contribution in [0.3, 0.4) is 0 Å². The van der Waals surface area contributed by atoms with Crippen molar-refractivity contribution in [3.8, 4) is 0 Å². The van der Waals surface area contributed by atoms with Gasteiger partial charge in [0.1, 0.15) is 0 Å². The molecule has 2 saturated heterocycles. The highest BCUT2D eigenvalue weighted by molar-refractivity contribution is 7.89. The molecule has 0 radical (unpaired) electrons. The Bertz CT molecular complexity index is 818. The number of benzene rings is 1. The molecular formula is C20H28N2O5S. The number of nitrogens with zero attached hydrogens (tertiary/aromatic N) is 2. The van der Waals surface area contributed by atoms with E-state index in [1.165, 1.54) is 28.6 Å². The summed E-state index contributed by atoms with van der Waals surface area (Å²) in [5.74, 6) is -0.877. The van der Waals surface area contributed by atoms with Gasteiger partial charge in [-0.2, -0.15) is 4.31 Å². The standard InChI is InChI=1S/C20H28N2O5S/c1-2-17-9-3-4-13-22(17)19(23)15-27-20(24)16-8-7-10-18(14-16)28(25,26)21-11-5-6-12-21/h7-8,10,14,17H,2-6,9,11-13,15H2,1H3/t17-/m1/s1. The van der Waals surface area contributed by atoms with Crippen molar-refractivity contribution < 1.29 is 22.7 Å². The molecule has 0 spiro atoms. The molecule has 0 bridgehead atoms. The Morgan fingerprint density at radius 1 is 1.11 bits per heavy atom. The van der Waals surface area contributed by atoms with E-state index < -0.39 is 16.0 Å². The maximum atomic E-state index is 12.7. The molecule has 7 nitrogen and oxygen atoms in total. The Balaban J connectivity index is 1.64. The van der Waals surface area contributed by atoms with Gasteiger partial charge in [-0.15, -0.1) is 0 Å². The molecule has 0 N–H and O–H groups in total. The molecule has 2 fully saturated rings.